The van der Waals surface area contributed by atoms with Gasteiger partial charge < -0.3 is 19.7 Å². The van der Waals surface area contributed by atoms with Crippen molar-refractivity contribution in [2.45, 2.75) is 38.6 Å². The lowest BCUT2D eigenvalue weighted by Gasteiger charge is -2.48. The number of rotatable bonds is 8. The first kappa shape index (κ1) is 24.4. The summed E-state index contributed by atoms with van der Waals surface area (Å²) in [4.78, 5) is 42.2. The number of ether oxygens (including phenoxy) is 2. The van der Waals surface area contributed by atoms with Gasteiger partial charge in [-0.2, -0.15) is 0 Å². The van der Waals surface area contributed by atoms with Gasteiger partial charge in [-0.05, 0) is 48.7 Å². The predicted molar refractivity (Wildman–Crippen MR) is 138 cm³/mol. The Balaban J connectivity index is 1.25. The van der Waals surface area contributed by atoms with Gasteiger partial charge in [-0.15, -0.1) is 0 Å². The highest BCUT2D eigenvalue weighted by Crippen LogP contribution is 2.43. The Kier molecular flexibility index (Phi) is 6.56. The van der Waals surface area contributed by atoms with E-state index < -0.39 is 5.66 Å². The lowest BCUT2D eigenvalue weighted by molar-refractivity contribution is -0.124. The van der Waals surface area contributed by atoms with Gasteiger partial charge >= 0.3 is 0 Å². The second kappa shape index (κ2) is 9.97. The van der Waals surface area contributed by atoms with Crippen LogP contribution in [-0.4, -0.2) is 41.9 Å². The minimum atomic E-state index is -0.874. The average molecular weight is 500 g/mol. The van der Waals surface area contributed by atoms with E-state index in [9.17, 15) is 14.4 Å². The van der Waals surface area contributed by atoms with Crippen LogP contribution < -0.4 is 19.7 Å². The molecule has 1 fully saturated rings. The van der Waals surface area contributed by atoms with Gasteiger partial charge in [0.05, 0.1) is 18.4 Å². The highest BCUT2D eigenvalue weighted by Gasteiger charge is 2.53. The van der Waals surface area contributed by atoms with Gasteiger partial charge in [0.1, 0.15) is 18.8 Å². The van der Waals surface area contributed by atoms with Crippen molar-refractivity contribution in [1.82, 2.24) is 10.2 Å². The molecule has 0 bridgehead atoms. The molecule has 1 atom stereocenters. The first-order valence-corrected chi connectivity index (χ1v) is 12.2. The Hall–Kier alpha value is -4.33. The highest BCUT2D eigenvalue weighted by molar-refractivity contribution is 6.11. The van der Waals surface area contributed by atoms with Crippen molar-refractivity contribution in [3.63, 3.8) is 0 Å². The molecule has 1 saturated heterocycles. The molecule has 2 heterocycles. The van der Waals surface area contributed by atoms with Crippen LogP contribution in [0.25, 0.3) is 0 Å². The van der Waals surface area contributed by atoms with E-state index >= 15 is 0 Å². The van der Waals surface area contributed by atoms with Crippen molar-refractivity contribution in [1.29, 1.82) is 0 Å². The Bertz CT molecular complexity index is 1340. The molecule has 3 aromatic carbocycles. The zero-order chi connectivity index (χ0) is 26.0. The van der Waals surface area contributed by atoms with Gasteiger partial charge in [-0.25, -0.2) is 0 Å². The molecule has 1 N–H and O–H groups in total. The number of amides is 3. The number of hydrogen-bond acceptors (Lipinski definition) is 5. The SMILES string of the molecule is COc1cc(CNC(=O)CN2C(=O)c3ccccc3N3C(=O)CCC23C)ccc1OCc1ccccc1. The van der Waals surface area contributed by atoms with E-state index in [-0.39, 0.29) is 30.8 Å². The number of nitrogens with zero attached hydrogens (tertiary/aromatic N) is 2. The van der Waals surface area contributed by atoms with E-state index in [0.29, 0.717) is 42.2 Å². The van der Waals surface area contributed by atoms with Crippen LogP contribution >= 0.6 is 0 Å². The zero-order valence-corrected chi connectivity index (χ0v) is 20.9. The monoisotopic (exact) mass is 499 g/mol. The third-order valence-electron chi connectivity index (χ3n) is 7.00. The molecule has 0 aromatic heterocycles. The number of hydrogen-bond donors (Lipinski definition) is 1. The lowest BCUT2D eigenvalue weighted by Crippen LogP contribution is -2.63. The summed E-state index contributed by atoms with van der Waals surface area (Å²) in [6.45, 7) is 2.37. The van der Waals surface area contributed by atoms with Gasteiger partial charge in [-0.3, -0.25) is 19.3 Å². The number of fused-ring (bicyclic) bond motifs is 3. The fraction of sp³-hybridized carbons (Fsp3) is 0.276. The molecule has 2 aliphatic heterocycles. The van der Waals surface area contributed by atoms with Crippen LogP contribution in [0.1, 0.15) is 41.3 Å². The molecule has 1 unspecified atom stereocenters. The van der Waals surface area contributed by atoms with Crippen molar-refractivity contribution in [2.24, 2.45) is 0 Å². The Morgan fingerprint density at radius 3 is 2.51 bits per heavy atom. The van der Waals surface area contributed by atoms with E-state index in [2.05, 4.69) is 5.32 Å². The maximum atomic E-state index is 13.3. The topological polar surface area (TPSA) is 88.2 Å². The molecule has 0 radical (unpaired) electrons. The molecule has 0 saturated carbocycles. The summed E-state index contributed by atoms with van der Waals surface area (Å²) in [6, 6.07) is 22.4. The second-order valence-electron chi connectivity index (χ2n) is 9.39. The van der Waals surface area contributed by atoms with Crippen LogP contribution in [0.5, 0.6) is 11.5 Å². The largest absolute Gasteiger partial charge is 0.493 e. The lowest BCUT2D eigenvalue weighted by atomic mass is 9.98. The van der Waals surface area contributed by atoms with Gasteiger partial charge in [0.25, 0.3) is 5.91 Å². The smallest absolute Gasteiger partial charge is 0.258 e. The maximum Gasteiger partial charge on any atom is 0.258 e. The molecule has 3 aromatic rings. The molecule has 190 valence electrons. The van der Waals surface area contributed by atoms with E-state index in [0.717, 1.165) is 11.1 Å². The third kappa shape index (κ3) is 4.62. The maximum absolute atomic E-state index is 13.3. The van der Waals surface area contributed by atoms with Gasteiger partial charge in [0.15, 0.2) is 11.5 Å². The number of para-hydroxylation sites is 1. The van der Waals surface area contributed by atoms with E-state index in [1.54, 1.807) is 30.2 Å². The van der Waals surface area contributed by atoms with Crippen LogP contribution in [0.3, 0.4) is 0 Å². The predicted octanol–water partition coefficient (Wildman–Crippen LogP) is 3.89. The Morgan fingerprint density at radius 1 is 0.973 bits per heavy atom. The molecule has 8 nitrogen and oxygen atoms in total. The molecule has 8 heteroatoms. The molecule has 3 amide bonds. The van der Waals surface area contributed by atoms with Crippen LogP contribution in [0.4, 0.5) is 5.69 Å². The third-order valence-corrected chi connectivity index (χ3v) is 7.00. The summed E-state index contributed by atoms with van der Waals surface area (Å²) in [6.07, 6.45) is 0.801. The van der Waals surface area contributed by atoms with Gasteiger partial charge in [0, 0.05) is 13.0 Å². The van der Waals surface area contributed by atoms with Gasteiger partial charge in [-0.1, -0.05) is 48.5 Å². The van der Waals surface area contributed by atoms with Crippen LogP contribution in [-0.2, 0) is 22.7 Å². The van der Waals surface area contributed by atoms with Crippen LogP contribution in [0.15, 0.2) is 72.8 Å². The standard InChI is InChI=1S/C29H29N3O5/c1-29-15-14-27(34)32(29)23-11-7-6-10-22(23)28(35)31(29)18-26(33)30-17-21-12-13-24(25(16-21)36-2)37-19-20-8-4-3-5-9-20/h3-13,16H,14-15,17-19H2,1-2H3,(H,30,33). The zero-order valence-electron chi connectivity index (χ0n) is 20.9. The number of methoxy groups -OCH3 is 1. The summed E-state index contributed by atoms with van der Waals surface area (Å²) in [5.74, 6) is 0.572. The highest BCUT2D eigenvalue weighted by atomic mass is 16.5. The molecular formula is C29H29N3O5. The molecule has 37 heavy (non-hydrogen) atoms. The van der Waals surface area contributed by atoms with Gasteiger partial charge in [0.2, 0.25) is 11.8 Å². The van der Waals surface area contributed by atoms with E-state index in [4.69, 9.17) is 9.47 Å². The second-order valence-corrected chi connectivity index (χ2v) is 9.39. The number of benzene rings is 3. The van der Waals surface area contributed by atoms with Crippen LogP contribution in [0.2, 0.25) is 0 Å². The molecule has 2 aliphatic rings. The molecular weight excluding hydrogens is 470 g/mol. The summed E-state index contributed by atoms with van der Waals surface area (Å²) in [5, 5.41) is 2.90. The minimum Gasteiger partial charge on any atom is -0.493 e. The first-order chi connectivity index (χ1) is 17.9. The van der Waals surface area contributed by atoms with Crippen molar-refractivity contribution in [2.75, 3.05) is 18.6 Å². The normalized spacial score (nSPS) is 18.3. The van der Waals surface area contributed by atoms with E-state index in [1.807, 2.05) is 61.5 Å². The molecule has 5 rings (SSSR count). The summed E-state index contributed by atoms with van der Waals surface area (Å²) in [7, 11) is 1.57. The fourth-order valence-electron chi connectivity index (χ4n) is 5.02. The van der Waals surface area contributed by atoms with Crippen molar-refractivity contribution in [3.05, 3.63) is 89.5 Å². The molecule has 0 spiro atoms. The summed E-state index contributed by atoms with van der Waals surface area (Å²) >= 11 is 0. The average Bonchev–Trinajstić information content (AvgIpc) is 3.24. The van der Waals surface area contributed by atoms with Crippen molar-refractivity contribution >= 4 is 23.4 Å². The number of carbonyl (C=O) groups excluding carboxylic acids is 3. The van der Waals surface area contributed by atoms with E-state index in [1.165, 1.54) is 4.90 Å². The quantitative estimate of drug-likeness (QED) is 0.508. The first-order valence-electron chi connectivity index (χ1n) is 12.2. The van der Waals surface area contributed by atoms with Crippen molar-refractivity contribution in [3.8, 4) is 11.5 Å². The number of carbonyl (C=O) groups is 3. The summed E-state index contributed by atoms with van der Waals surface area (Å²) < 4.78 is 11.4. The Morgan fingerprint density at radius 2 is 1.73 bits per heavy atom. The van der Waals surface area contributed by atoms with Crippen molar-refractivity contribution < 1.29 is 23.9 Å². The fourth-order valence-corrected chi connectivity index (χ4v) is 5.02. The Labute approximate surface area is 215 Å². The summed E-state index contributed by atoms with van der Waals surface area (Å²) in [5.41, 5.74) is 2.04. The van der Waals surface area contributed by atoms with Crippen LogP contribution in [0, 0.1) is 0 Å². The molecule has 0 aliphatic carbocycles. The minimum absolute atomic E-state index is 0.0467. The number of nitrogens with one attached hydrogen (secondary N) is 1. The number of anilines is 1.